The van der Waals surface area contributed by atoms with Crippen LogP contribution in [0.25, 0.3) is 0 Å². The fourth-order valence-electron chi connectivity index (χ4n) is 3.50. The van der Waals surface area contributed by atoms with Crippen LogP contribution in [-0.2, 0) is 6.42 Å². The highest BCUT2D eigenvalue weighted by Gasteiger charge is 2.29. The summed E-state index contributed by atoms with van der Waals surface area (Å²) in [6.45, 7) is 0. The van der Waals surface area contributed by atoms with Crippen LogP contribution in [0, 0.1) is 5.92 Å². The average molecular weight is 261 g/mol. The van der Waals surface area contributed by atoms with Gasteiger partial charge in [-0.25, -0.2) is 0 Å². The van der Waals surface area contributed by atoms with E-state index in [1.165, 1.54) is 57.1 Å². The molecule has 0 spiro atoms. The van der Waals surface area contributed by atoms with Gasteiger partial charge in [-0.05, 0) is 64.0 Å². The van der Waals surface area contributed by atoms with Gasteiger partial charge in [-0.2, -0.15) is 5.10 Å². The Morgan fingerprint density at radius 2 is 2.11 bits per heavy atom. The lowest BCUT2D eigenvalue weighted by Gasteiger charge is -2.14. The predicted molar refractivity (Wildman–Crippen MR) is 78.2 cm³/mol. The molecule has 3 rings (SSSR count). The maximum Gasteiger partial charge on any atom is 0.0624 e. The average Bonchev–Trinajstić information content (AvgIpc) is 2.94. The molecule has 3 nitrogen and oxygen atoms in total. The Labute approximate surface area is 116 Å². The molecule has 106 valence electrons. The Balaban J connectivity index is 1.44. The van der Waals surface area contributed by atoms with Gasteiger partial charge in [-0.15, -0.1) is 0 Å². The zero-order valence-electron chi connectivity index (χ0n) is 12.1. The van der Waals surface area contributed by atoms with E-state index in [1.807, 2.05) is 0 Å². The third-order valence-corrected chi connectivity index (χ3v) is 4.87. The van der Waals surface area contributed by atoms with Gasteiger partial charge in [-0.1, -0.05) is 12.8 Å². The number of nitrogens with zero attached hydrogens (tertiary/aromatic N) is 2. The van der Waals surface area contributed by atoms with E-state index < -0.39 is 0 Å². The number of hydrogen-bond acceptors (Lipinski definition) is 2. The molecule has 1 atom stereocenters. The highest BCUT2D eigenvalue weighted by molar-refractivity contribution is 5.00. The van der Waals surface area contributed by atoms with Gasteiger partial charge in [0.15, 0.2) is 0 Å². The molecule has 0 aromatic carbocycles. The van der Waals surface area contributed by atoms with E-state index in [4.69, 9.17) is 5.10 Å². The van der Waals surface area contributed by atoms with Crippen LogP contribution in [0.5, 0.6) is 0 Å². The Kier molecular flexibility index (Phi) is 4.21. The van der Waals surface area contributed by atoms with Crippen molar-refractivity contribution < 1.29 is 0 Å². The second-order valence-corrected chi connectivity index (χ2v) is 6.35. The van der Waals surface area contributed by atoms with Crippen LogP contribution in [0.2, 0.25) is 0 Å². The summed E-state index contributed by atoms with van der Waals surface area (Å²) in [7, 11) is 2.11. The van der Waals surface area contributed by atoms with E-state index in [1.54, 1.807) is 0 Å². The van der Waals surface area contributed by atoms with Crippen LogP contribution in [0.15, 0.2) is 12.3 Å². The summed E-state index contributed by atoms with van der Waals surface area (Å²) in [6, 6.07) is 3.66. The van der Waals surface area contributed by atoms with Gasteiger partial charge in [0.2, 0.25) is 0 Å². The lowest BCUT2D eigenvalue weighted by atomic mass is 10.0. The van der Waals surface area contributed by atoms with E-state index >= 15 is 0 Å². The zero-order chi connectivity index (χ0) is 13.1. The molecule has 0 aliphatic heterocycles. The summed E-state index contributed by atoms with van der Waals surface area (Å²) in [5.74, 6) is 0.959. The molecule has 2 aliphatic carbocycles. The first kappa shape index (κ1) is 13.2. The summed E-state index contributed by atoms with van der Waals surface area (Å²) in [5.41, 5.74) is 1.29. The van der Waals surface area contributed by atoms with Crippen LogP contribution >= 0.6 is 0 Å². The smallest absolute Gasteiger partial charge is 0.0624 e. The second kappa shape index (κ2) is 6.08. The topological polar surface area (TPSA) is 29.9 Å². The van der Waals surface area contributed by atoms with Crippen molar-refractivity contribution in [1.82, 2.24) is 15.1 Å². The number of aryl methyl sites for hydroxylation is 1. The summed E-state index contributed by atoms with van der Waals surface area (Å²) < 4.78 is 2.22. The minimum atomic E-state index is 0.685. The van der Waals surface area contributed by atoms with Crippen molar-refractivity contribution in [3.8, 4) is 0 Å². The molecule has 1 N–H and O–H groups in total. The molecule has 0 bridgehead atoms. The van der Waals surface area contributed by atoms with Crippen LogP contribution in [0.3, 0.4) is 0 Å². The Hall–Kier alpha value is -0.830. The van der Waals surface area contributed by atoms with Gasteiger partial charge in [0.25, 0.3) is 0 Å². The van der Waals surface area contributed by atoms with Gasteiger partial charge < -0.3 is 5.32 Å². The maximum absolute atomic E-state index is 4.77. The standard InChI is InChI=1S/C16H27N3/c1-17-16(13-9-10-13)8-4-5-14-11-12-19(18-14)15-6-2-3-7-15/h11-13,15-17H,2-10H2,1H3. The van der Waals surface area contributed by atoms with Crippen molar-refractivity contribution in [3.05, 3.63) is 18.0 Å². The van der Waals surface area contributed by atoms with Crippen LogP contribution in [0.4, 0.5) is 0 Å². The molecular formula is C16H27N3. The first-order chi connectivity index (χ1) is 9.36. The highest BCUT2D eigenvalue weighted by atomic mass is 15.3. The first-order valence-electron chi connectivity index (χ1n) is 8.08. The summed E-state index contributed by atoms with van der Waals surface area (Å²) in [6.07, 6.45) is 14.2. The van der Waals surface area contributed by atoms with Crippen molar-refractivity contribution in [2.24, 2.45) is 5.92 Å². The van der Waals surface area contributed by atoms with Crippen LogP contribution in [0.1, 0.15) is 63.1 Å². The molecule has 3 heteroatoms. The molecule has 1 unspecified atom stereocenters. The van der Waals surface area contributed by atoms with Gasteiger partial charge in [0.05, 0.1) is 11.7 Å². The summed E-state index contributed by atoms with van der Waals surface area (Å²) in [5, 5.41) is 8.25. The summed E-state index contributed by atoms with van der Waals surface area (Å²) in [4.78, 5) is 0. The molecular weight excluding hydrogens is 234 g/mol. The molecule has 19 heavy (non-hydrogen) atoms. The van der Waals surface area contributed by atoms with Gasteiger partial charge in [0, 0.05) is 12.2 Å². The number of nitrogens with one attached hydrogen (secondary N) is 1. The van der Waals surface area contributed by atoms with Gasteiger partial charge in [0.1, 0.15) is 0 Å². The van der Waals surface area contributed by atoms with E-state index in [9.17, 15) is 0 Å². The van der Waals surface area contributed by atoms with Crippen LogP contribution < -0.4 is 5.32 Å². The number of rotatable bonds is 7. The van der Waals surface area contributed by atoms with Crippen molar-refractivity contribution >= 4 is 0 Å². The van der Waals surface area contributed by atoms with Crippen molar-refractivity contribution in [1.29, 1.82) is 0 Å². The van der Waals surface area contributed by atoms with Gasteiger partial charge >= 0.3 is 0 Å². The third kappa shape index (κ3) is 3.38. The minimum absolute atomic E-state index is 0.685. The second-order valence-electron chi connectivity index (χ2n) is 6.35. The van der Waals surface area contributed by atoms with Crippen LogP contribution in [-0.4, -0.2) is 22.9 Å². The molecule has 1 aromatic rings. The molecule has 0 amide bonds. The predicted octanol–water partition coefficient (Wildman–Crippen LogP) is 3.32. The normalized spacial score (nSPS) is 21.9. The molecule has 0 saturated heterocycles. The largest absolute Gasteiger partial charge is 0.317 e. The number of hydrogen-bond donors (Lipinski definition) is 1. The van der Waals surface area contributed by atoms with Crippen molar-refractivity contribution in [2.75, 3.05) is 7.05 Å². The minimum Gasteiger partial charge on any atom is -0.317 e. The van der Waals surface area contributed by atoms with E-state index in [2.05, 4.69) is 29.3 Å². The molecule has 2 fully saturated rings. The number of aromatic nitrogens is 2. The first-order valence-corrected chi connectivity index (χ1v) is 8.08. The molecule has 1 heterocycles. The molecule has 2 aliphatic rings. The Bertz CT molecular complexity index is 388. The lowest BCUT2D eigenvalue weighted by Crippen LogP contribution is -2.27. The Morgan fingerprint density at radius 3 is 2.79 bits per heavy atom. The molecule has 0 radical (unpaired) electrons. The molecule has 1 aromatic heterocycles. The zero-order valence-corrected chi connectivity index (χ0v) is 12.1. The SMILES string of the molecule is CNC(CCCc1ccn(C2CCCC2)n1)C1CC1. The fraction of sp³-hybridized carbons (Fsp3) is 0.812. The Morgan fingerprint density at radius 1 is 1.32 bits per heavy atom. The maximum atomic E-state index is 4.77. The third-order valence-electron chi connectivity index (χ3n) is 4.87. The highest BCUT2D eigenvalue weighted by Crippen LogP contribution is 2.34. The van der Waals surface area contributed by atoms with Gasteiger partial charge in [-0.3, -0.25) is 4.68 Å². The van der Waals surface area contributed by atoms with E-state index in [0.717, 1.165) is 18.4 Å². The summed E-state index contributed by atoms with van der Waals surface area (Å²) >= 11 is 0. The monoisotopic (exact) mass is 261 g/mol. The lowest BCUT2D eigenvalue weighted by molar-refractivity contribution is 0.447. The molecule has 2 saturated carbocycles. The van der Waals surface area contributed by atoms with E-state index in [0.29, 0.717) is 6.04 Å². The van der Waals surface area contributed by atoms with E-state index in [-0.39, 0.29) is 0 Å². The van der Waals surface area contributed by atoms with Crippen molar-refractivity contribution in [2.45, 2.75) is 69.9 Å². The quantitative estimate of drug-likeness (QED) is 0.816. The fourth-order valence-corrected chi connectivity index (χ4v) is 3.50. The van der Waals surface area contributed by atoms with Crippen molar-refractivity contribution in [3.63, 3.8) is 0 Å².